The van der Waals surface area contributed by atoms with Crippen LogP contribution in [-0.2, 0) is 16.0 Å². The molecule has 0 saturated carbocycles. The molecule has 0 saturated heterocycles. The molecule has 1 heterocycles. The van der Waals surface area contributed by atoms with Crippen molar-refractivity contribution in [3.05, 3.63) is 77.5 Å². The zero-order valence-corrected chi connectivity index (χ0v) is 18.3. The number of alkyl halides is 3. The smallest absolute Gasteiger partial charge is 0.308 e. The first-order valence-electron chi connectivity index (χ1n) is 9.36. The summed E-state index contributed by atoms with van der Waals surface area (Å²) in [6.45, 7) is 3.52. The third-order valence-corrected chi connectivity index (χ3v) is 6.90. The number of amides is 2. The lowest BCUT2D eigenvalue weighted by molar-refractivity contribution is -0.137. The van der Waals surface area contributed by atoms with Gasteiger partial charge in [-0.3, -0.25) is 0 Å². The van der Waals surface area contributed by atoms with Crippen molar-refractivity contribution in [1.82, 2.24) is 0 Å². The van der Waals surface area contributed by atoms with Crippen molar-refractivity contribution < 1.29 is 26.4 Å². The van der Waals surface area contributed by atoms with Crippen LogP contribution in [-0.4, -0.2) is 20.2 Å². The number of carbonyl (C=O) groups excluding carboxylic acids is 1. The van der Waals surface area contributed by atoms with Crippen LogP contribution in [0.3, 0.4) is 0 Å². The van der Waals surface area contributed by atoms with E-state index in [1.807, 2.05) is 16.8 Å². The maximum Gasteiger partial charge on any atom is 0.416 e. The molecule has 0 radical (unpaired) electrons. The molecule has 0 atom stereocenters. The van der Waals surface area contributed by atoms with Gasteiger partial charge in [0.2, 0.25) is 0 Å². The summed E-state index contributed by atoms with van der Waals surface area (Å²) in [5.74, 6) is -0.135. The summed E-state index contributed by atoms with van der Waals surface area (Å²) in [6.07, 6.45) is -2.78. The third kappa shape index (κ3) is 5.77. The monoisotopic (exact) mass is 480 g/mol. The van der Waals surface area contributed by atoms with Crippen molar-refractivity contribution >= 4 is 38.6 Å². The molecule has 2 N–H and O–H groups in total. The van der Waals surface area contributed by atoms with E-state index in [0.717, 1.165) is 17.7 Å². The van der Waals surface area contributed by atoms with Crippen LogP contribution in [0.15, 0.2) is 76.8 Å². The molecule has 3 aromatic rings. The Kier molecular flexibility index (Phi) is 7.05. The van der Waals surface area contributed by atoms with Crippen LogP contribution in [0.2, 0.25) is 0 Å². The molecule has 0 aliphatic carbocycles. The topological polar surface area (TPSA) is 75.3 Å². The number of rotatable bonds is 7. The summed E-state index contributed by atoms with van der Waals surface area (Å²) in [5.41, 5.74) is 0.605. The van der Waals surface area contributed by atoms with Gasteiger partial charge in [-0.1, -0.05) is 18.2 Å². The van der Waals surface area contributed by atoms with Gasteiger partial charge in [-0.25, -0.2) is 13.2 Å². The van der Waals surface area contributed by atoms with Crippen LogP contribution in [0.1, 0.15) is 12.0 Å². The van der Waals surface area contributed by atoms with Crippen LogP contribution < -0.4 is 10.6 Å². The largest absolute Gasteiger partial charge is 0.416 e. The summed E-state index contributed by atoms with van der Waals surface area (Å²) in [4.78, 5) is 12.6. The molecule has 2 amide bonds. The second-order valence-corrected chi connectivity index (χ2v) is 9.66. The van der Waals surface area contributed by atoms with Crippen molar-refractivity contribution in [1.29, 1.82) is 0 Å². The molecule has 0 spiro atoms. The standard InChI is InChI=1S/C22H19F3N2O3S2/c1-2-3-11-32(29,30)18-7-8-19(15-9-10-31-14-15)20(13-18)27-21(28)26-17-6-4-5-16(12-17)22(23,24)25/h2,4-10,12-14H,1,3,11H2,(H2,26,27,28). The van der Waals surface area contributed by atoms with Gasteiger partial charge < -0.3 is 10.6 Å². The first-order valence-corrected chi connectivity index (χ1v) is 12.0. The predicted octanol–water partition coefficient (Wildman–Crippen LogP) is 6.43. The van der Waals surface area contributed by atoms with Gasteiger partial charge in [0.05, 0.1) is 21.9 Å². The van der Waals surface area contributed by atoms with Crippen molar-refractivity contribution in [3.8, 4) is 11.1 Å². The van der Waals surface area contributed by atoms with E-state index in [2.05, 4.69) is 17.2 Å². The number of hydrogen-bond acceptors (Lipinski definition) is 4. The fourth-order valence-electron chi connectivity index (χ4n) is 2.90. The Balaban J connectivity index is 1.90. The minimum atomic E-state index is -4.55. The highest BCUT2D eigenvalue weighted by Gasteiger charge is 2.30. The maximum atomic E-state index is 12.9. The second kappa shape index (κ2) is 9.58. The van der Waals surface area contributed by atoms with E-state index >= 15 is 0 Å². The molecule has 0 unspecified atom stereocenters. The molecular formula is C22H19F3N2O3S2. The summed E-state index contributed by atoms with van der Waals surface area (Å²) < 4.78 is 63.9. The number of urea groups is 1. The fraction of sp³-hybridized carbons (Fsp3) is 0.136. The van der Waals surface area contributed by atoms with Crippen molar-refractivity contribution in [3.63, 3.8) is 0 Å². The Morgan fingerprint density at radius 2 is 1.88 bits per heavy atom. The first-order chi connectivity index (χ1) is 15.1. The average Bonchev–Trinajstić information content (AvgIpc) is 3.26. The number of sulfone groups is 1. The van der Waals surface area contributed by atoms with Crippen molar-refractivity contribution in [2.24, 2.45) is 0 Å². The van der Waals surface area contributed by atoms with Gasteiger partial charge in [-0.15, -0.1) is 6.58 Å². The molecule has 3 rings (SSSR count). The lowest BCUT2D eigenvalue weighted by Crippen LogP contribution is -2.20. The van der Waals surface area contributed by atoms with Gasteiger partial charge in [-0.05, 0) is 59.1 Å². The lowest BCUT2D eigenvalue weighted by Gasteiger charge is -2.14. The van der Waals surface area contributed by atoms with Crippen LogP contribution in [0.5, 0.6) is 0 Å². The van der Waals surface area contributed by atoms with E-state index in [9.17, 15) is 26.4 Å². The number of thiophene rings is 1. The molecule has 0 bridgehead atoms. The van der Waals surface area contributed by atoms with Crippen molar-refractivity contribution in [2.75, 3.05) is 16.4 Å². The first kappa shape index (κ1) is 23.6. The van der Waals surface area contributed by atoms with E-state index < -0.39 is 27.6 Å². The summed E-state index contributed by atoms with van der Waals surface area (Å²) >= 11 is 1.43. The Hall–Kier alpha value is -3.11. The zero-order valence-electron chi connectivity index (χ0n) is 16.6. The molecule has 0 aliphatic heterocycles. The van der Waals surface area contributed by atoms with Gasteiger partial charge >= 0.3 is 12.2 Å². The molecule has 32 heavy (non-hydrogen) atoms. The molecular weight excluding hydrogens is 461 g/mol. The van der Waals surface area contributed by atoms with E-state index in [0.29, 0.717) is 5.56 Å². The van der Waals surface area contributed by atoms with Gasteiger partial charge in [0, 0.05) is 11.3 Å². The summed E-state index contributed by atoms with van der Waals surface area (Å²) in [5, 5.41) is 8.58. The highest BCUT2D eigenvalue weighted by Crippen LogP contribution is 2.33. The maximum absolute atomic E-state index is 12.9. The van der Waals surface area contributed by atoms with Crippen LogP contribution in [0.4, 0.5) is 29.3 Å². The molecule has 10 heteroatoms. The van der Waals surface area contributed by atoms with Crippen LogP contribution >= 0.6 is 11.3 Å². The highest BCUT2D eigenvalue weighted by atomic mass is 32.2. The number of nitrogens with one attached hydrogen (secondary N) is 2. The summed E-state index contributed by atoms with van der Waals surface area (Å²) in [6, 6.07) is 9.61. The average molecular weight is 481 g/mol. The Labute approximate surface area is 187 Å². The van der Waals surface area contributed by atoms with Gasteiger partial charge in [0.25, 0.3) is 0 Å². The van der Waals surface area contributed by atoms with Crippen LogP contribution in [0.25, 0.3) is 11.1 Å². The Bertz CT molecular complexity index is 1220. The fourth-order valence-corrected chi connectivity index (χ4v) is 4.85. The van der Waals surface area contributed by atoms with E-state index in [-0.39, 0.29) is 28.4 Å². The molecule has 0 fully saturated rings. The van der Waals surface area contributed by atoms with E-state index in [4.69, 9.17) is 0 Å². The number of allylic oxidation sites excluding steroid dienone is 1. The zero-order chi connectivity index (χ0) is 23.4. The normalized spacial score (nSPS) is 11.7. The van der Waals surface area contributed by atoms with E-state index in [1.165, 1.54) is 41.7 Å². The molecule has 2 aromatic carbocycles. The molecule has 5 nitrogen and oxygen atoms in total. The molecule has 168 valence electrons. The van der Waals surface area contributed by atoms with Gasteiger partial charge in [0.1, 0.15) is 0 Å². The number of anilines is 2. The minimum absolute atomic E-state index is 0.0210. The second-order valence-electron chi connectivity index (χ2n) is 6.77. The molecule has 1 aromatic heterocycles. The Morgan fingerprint density at radius 3 is 2.53 bits per heavy atom. The van der Waals surface area contributed by atoms with Gasteiger partial charge in [-0.2, -0.15) is 24.5 Å². The Morgan fingerprint density at radius 1 is 1.09 bits per heavy atom. The molecule has 0 aliphatic rings. The van der Waals surface area contributed by atoms with Gasteiger partial charge in [0.15, 0.2) is 9.84 Å². The van der Waals surface area contributed by atoms with E-state index in [1.54, 1.807) is 6.07 Å². The highest BCUT2D eigenvalue weighted by molar-refractivity contribution is 7.91. The minimum Gasteiger partial charge on any atom is -0.308 e. The van der Waals surface area contributed by atoms with Crippen LogP contribution in [0, 0.1) is 0 Å². The third-order valence-electron chi connectivity index (χ3n) is 4.47. The number of carbonyl (C=O) groups is 1. The summed E-state index contributed by atoms with van der Waals surface area (Å²) in [7, 11) is -3.61. The quantitative estimate of drug-likeness (QED) is 0.383. The SMILES string of the molecule is C=CCCS(=O)(=O)c1ccc(-c2ccsc2)c(NC(=O)Nc2cccc(C(F)(F)F)c2)c1. The predicted molar refractivity (Wildman–Crippen MR) is 121 cm³/mol. The van der Waals surface area contributed by atoms with Crippen molar-refractivity contribution in [2.45, 2.75) is 17.5 Å². The number of benzene rings is 2. The lowest BCUT2D eigenvalue weighted by atomic mass is 10.1. The number of halogens is 3. The number of hydrogen-bond donors (Lipinski definition) is 2.